The fourth-order valence-electron chi connectivity index (χ4n) is 2.53. The Hall–Kier alpha value is -1.99. The first-order valence-electron chi connectivity index (χ1n) is 7.73. The molecule has 120 valence electrons. The summed E-state index contributed by atoms with van der Waals surface area (Å²) in [4.78, 5) is 12.0. The summed E-state index contributed by atoms with van der Waals surface area (Å²) in [5.74, 6) is 0.958. The summed E-state index contributed by atoms with van der Waals surface area (Å²) in [5, 5.41) is 13.1. The van der Waals surface area contributed by atoms with E-state index in [0.29, 0.717) is 28.7 Å². The second kappa shape index (κ2) is 7.52. The van der Waals surface area contributed by atoms with Gasteiger partial charge in [0, 0.05) is 18.1 Å². The second-order valence-electron chi connectivity index (χ2n) is 6.23. The molecule has 0 bridgehead atoms. The van der Waals surface area contributed by atoms with Gasteiger partial charge in [-0.1, -0.05) is 50.3 Å². The lowest BCUT2D eigenvalue weighted by atomic mass is 9.86. The number of hydrogen-bond acceptors (Lipinski definition) is 3. The molecule has 3 nitrogen and oxygen atoms in total. The number of allylic oxidation sites excluding steroid dienone is 1. The van der Waals surface area contributed by atoms with Crippen molar-refractivity contribution in [1.29, 1.82) is 5.26 Å². The van der Waals surface area contributed by atoms with Gasteiger partial charge in [0.1, 0.15) is 0 Å². The van der Waals surface area contributed by atoms with Crippen LogP contribution in [0.3, 0.4) is 0 Å². The Bertz CT molecular complexity index is 680. The van der Waals surface area contributed by atoms with E-state index >= 15 is 0 Å². The first kappa shape index (κ1) is 17.4. The van der Waals surface area contributed by atoms with E-state index in [0.717, 1.165) is 11.1 Å². The molecular weight excluding hydrogens is 304 g/mol. The second-order valence-corrected chi connectivity index (χ2v) is 7.21. The van der Waals surface area contributed by atoms with Crippen LogP contribution in [0.5, 0.6) is 0 Å². The van der Waals surface area contributed by atoms with Gasteiger partial charge in [-0.3, -0.25) is 4.79 Å². The predicted molar refractivity (Wildman–Crippen MR) is 95.9 cm³/mol. The van der Waals surface area contributed by atoms with E-state index in [-0.39, 0.29) is 11.8 Å². The van der Waals surface area contributed by atoms with E-state index < -0.39 is 0 Å². The number of rotatable bonds is 5. The molecule has 1 amide bonds. The fourth-order valence-corrected chi connectivity index (χ4v) is 3.45. The first-order chi connectivity index (χ1) is 10.9. The molecule has 1 aliphatic heterocycles. The Kier molecular flexibility index (Phi) is 5.68. The molecule has 0 spiro atoms. The Morgan fingerprint density at radius 2 is 2.09 bits per heavy atom. The van der Waals surface area contributed by atoms with Gasteiger partial charge in [-0.2, -0.15) is 5.26 Å². The van der Waals surface area contributed by atoms with Gasteiger partial charge < -0.3 is 5.32 Å². The van der Waals surface area contributed by atoms with Crippen molar-refractivity contribution in [3.63, 3.8) is 0 Å². The number of carbonyl (C=O) groups is 1. The lowest BCUT2D eigenvalue weighted by molar-refractivity contribution is -0.120. The normalized spacial score (nSPS) is 17.9. The SMILES string of the molecule is C=C(C)CSC1=C(C#N)[C@H](c2ccc(C(C)C)cc2)CC(=O)N1. The zero-order chi connectivity index (χ0) is 17.0. The Morgan fingerprint density at radius 1 is 1.43 bits per heavy atom. The standard InChI is InChI=1S/C19H22N2OS/c1-12(2)11-23-19-17(10-20)16(9-18(22)21-19)15-7-5-14(6-8-15)13(3)4/h5-8,13,16H,1,9,11H2,2-4H3,(H,21,22)/t16-/m0/s1. The molecule has 0 radical (unpaired) electrons. The highest BCUT2D eigenvalue weighted by Crippen LogP contribution is 2.36. The molecule has 1 heterocycles. The van der Waals surface area contributed by atoms with Crippen molar-refractivity contribution in [3.8, 4) is 6.07 Å². The minimum absolute atomic E-state index is 0.0360. The molecule has 4 heteroatoms. The van der Waals surface area contributed by atoms with E-state index in [4.69, 9.17) is 0 Å². The summed E-state index contributed by atoms with van der Waals surface area (Å²) < 4.78 is 0. The highest BCUT2D eigenvalue weighted by molar-refractivity contribution is 8.03. The van der Waals surface area contributed by atoms with Crippen LogP contribution in [0.1, 0.15) is 50.2 Å². The van der Waals surface area contributed by atoms with Gasteiger partial charge in [-0.25, -0.2) is 0 Å². The lowest BCUT2D eigenvalue weighted by Gasteiger charge is -2.25. The number of benzene rings is 1. The number of hydrogen-bond donors (Lipinski definition) is 1. The van der Waals surface area contributed by atoms with Crippen molar-refractivity contribution in [2.45, 2.75) is 39.0 Å². The average molecular weight is 326 g/mol. The monoisotopic (exact) mass is 326 g/mol. The number of thioether (sulfide) groups is 1. The predicted octanol–water partition coefficient (Wildman–Crippen LogP) is 4.46. The number of nitriles is 1. The Balaban J connectivity index is 2.34. The van der Waals surface area contributed by atoms with Gasteiger partial charge in [-0.05, 0) is 24.0 Å². The third-order valence-corrected chi connectivity index (χ3v) is 5.07. The quantitative estimate of drug-likeness (QED) is 0.813. The molecule has 0 aliphatic carbocycles. The number of carbonyl (C=O) groups excluding carboxylic acids is 1. The fraction of sp³-hybridized carbons (Fsp3) is 0.368. The summed E-state index contributed by atoms with van der Waals surface area (Å²) in [7, 11) is 0. The van der Waals surface area contributed by atoms with Gasteiger partial charge in [0.25, 0.3) is 0 Å². The van der Waals surface area contributed by atoms with Crippen molar-refractivity contribution >= 4 is 17.7 Å². The summed E-state index contributed by atoms with van der Waals surface area (Å²) in [6, 6.07) is 10.5. The first-order valence-corrected chi connectivity index (χ1v) is 8.72. The molecule has 1 N–H and O–H groups in total. The molecule has 0 unspecified atom stereocenters. The van der Waals surface area contributed by atoms with Gasteiger partial charge in [0.2, 0.25) is 5.91 Å². The van der Waals surface area contributed by atoms with Gasteiger partial charge >= 0.3 is 0 Å². The van der Waals surface area contributed by atoms with Crippen LogP contribution in [0.25, 0.3) is 0 Å². The zero-order valence-electron chi connectivity index (χ0n) is 13.8. The van der Waals surface area contributed by atoms with Crippen molar-refractivity contribution in [2.24, 2.45) is 0 Å². The van der Waals surface area contributed by atoms with E-state index in [9.17, 15) is 10.1 Å². The highest BCUT2D eigenvalue weighted by atomic mass is 32.2. The maximum Gasteiger partial charge on any atom is 0.225 e. The molecule has 0 saturated heterocycles. The van der Waals surface area contributed by atoms with Crippen LogP contribution in [0, 0.1) is 11.3 Å². The van der Waals surface area contributed by atoms with Crippen LogP contribution in [0.4, 0.5) is 0 Å². The largest absolute Gasteiger partial charge is 0.320 e. The molecule has 1 aromatic carbocycles. The van der Waals surface area contributed by atoms with Gasteiger partial charge in [-0.15, -0.1) is 11.8 Å². The van der Waals surface area contributed by atoms with E-state index in [1.165, 1.54) is 17.3 Å². The number of nitrogens with one attached hydrogen (secondary N) is 1. The van der Waals surface area contributed by atoms with Crippen LogP contribution >= 0.6 is 11.8 Å². The Morgan fingerprint density at radius 3 is 2.61 bits per heavy atom. The van der Waals surface area contributed by atoms with Crippen LogP contribution in [-0.4, -0.2) is 11.7 Å². The van der Waals surface area contributed by atoms with Crippen molar-refractivity contribution < 1.29 is 4.79 Å². The van der Waals surface area contributed by atoms with E-state index in [2.05, 4.69) is 43.9 Å². The summed E-state index contributed by atoms with van der Waals surface area (Å²) in [6.45, 7) is 10.1. The van der Waals surface area contributed by atoms with Gasteiger partial charge in [0.05, 0.1) is 16.7 Å². The molecule has 1 atom stereocenters. The van der Waals surface area contributed by atoms with Gasteiger partial charge in [0.15, 0.2) is 0 Å². The van der Waals surface area contributed by atoms with E-state index in [1.54, 1.807) is 0 Å². The average Bonchev–Trinajstić information content (AvgIpc) is 2.52. The maximum atomic E-state index is 12.0. The zero-order valence-corrected chi connectivity index (χ0v) is 14.7. The highest BCUT2D eigenvalue weighted by Gasteiger charge is 2.29. The number of nitrogens with zero attached hydrogens (tertiary/aromatic N) is 1. The minimum Gasteiger partial charge on any atom is -0.320 e. The molecule has 0 fully saturated rings. The third-order valence-electron chi connectivity index (χ3n) is 3.82. The molecule has 0 aromatic heterocycles. The topological polar surface area (TPSA) is 52.9 Å². The minimum atomic E-state index is -0.164. The van der Waals surface area contributed by atoms with Crippen LogP contribution in [0.15, 0.2) is 47.0 Å². The molecule has 0 saturated carbocycles. The number of amides is 1. The molecule has 1 aliphatic rings. The van der Waals surface area contributed by atoms with Crippen molar-refractivity contribution in [3.05, 3.63) is 58.1 Å². The maximum absolute atomic E-state index is 12.0. The van der Waals surface area contributed by atoms with Crippen molar-refractivity contribution in [1.82, 2.24) is 5.32 Å². The Labute approximate surface area is 142 Å². The third kappa shape index (κ3) is 4.27. The molecule has 23 heavy (non-hydrogen) atoms. The molecule has 2 rings (SSSR count). The van der Waals surface area contributed by atoms with Crippen LogP contribution < -0.4 is 5.32 Å². The summed E-state index contributed by atoms with van der Waals surface area (Å²) in [5.41, 5.74) is 3.94. The molecular formula is C19H22N2OS. The summed E-state index contributed by atoms with van der Waals surface area (Å²) >= 11 is 1.47. The summed E-state index contributed by atoms with van der Waals surface area (Å²) in [6.07, 6.45) is 0.320. The molecule has 1 aromatic rings. The smallest absolute Gasteiger partial charge is 0.225 e. The van der Waals surface area contributed by atoms with Crippen LogP contribution in [-0.2, 0) is 4.79 Å². The van der Waals surface area contributed by atoms with Crippen molar-refractivity contribution in [2.75, 3.05) is 5.75 Å². The van der Waals surface area contributed by atoms with Crippen LogP contribution in [0.2, 0.25) is 0 Å². The van der Waals surface area contributed by atoms with E-state index in [1.807, 2.05) is 19.1 Å². The lowest BCUT2D eigenvalue weighted by Crippen LogP contribution is -2.31.